The molecule has 2 aromatic rings. The molecule has 1 aromatic heterocycles. The van der Waals surface area contributed by atoms with Crippen LogP contribution in [0.25, 0.3) is 0 Å². The number of methoxy groups -OCH3 is 1. The van der Waals surface area contributed by atoms with Crippen LogP contribution < -0.4 is 15.2 Å². The van der Waals surface area contributed by atoms with Crippen LogP contribution in [-0.2, 0) is 6.42 Å². The minimum atomic E-state index is -0.115. The molecule has 0 aliphatic carbocycles. The maximum Gasteiger partial charge on any atom is 0.322 e. The molecule has 1 heterocycles. The predicted molar refractivity (Wildman–Crippen MR) is 77.0 cm³/mol. The number of nitrogens with zero attached hydrogens (tertiary/aromatic N) is 3. The standard InChI is InChI=1S/C14H16N4O3/c1-3-9-4-5-11(12(8-9)20-2)21-14-16-7-6-10(17-14)13(15)18-19/h4-8,19H,3H2,1-2H3,(H2,15,18). The fourth-order valence-corrected chi connectivity index (χ4v) is 1.70. The zero-order chi connectivity index (χ0) is 15.2. The summed E-state index contributed by atoms with van der Waals surface area (Å²) < 4.78 is 10.9. The molecule has 0 saturated heterocycles. The van der Waals surface area contributed by atoms with Gasteiger partial charge in [0.25, 0.3) is 0 Å². The summed E-state index contributed by atoms with van der Waals surface area (Å²) in [6, 6.07) is 7.21. The second-order valence-electron chi connectivity index (χ2n) is 4.15. The molecule has 0 bridgehead atoms. The van der Waals surface area contributed by atoms with Crippen molar-refractivity contribution in [2.75, 3.05) is 7.11 Å². The summed E-state index contributed by atoms with van der Waals surface area (Å²) in [5, 5.41) is 11.5. The molecule has 2 rings (SSSR count). The van der Waals surface area contributed by atoms with Crippen molar-refractivity contribution in [1.29, 1.82) is 0 Å². The van der Waals surface area contributed by atoms with Gasteiger partial charge in [-0.15, -0.1) is 0 Å². The van der Waals surface area contributed by atoms with Crippen LogP contribution in [-0.4, -0.2) is 28.1 Å². The van der Waals surface area contributed by atoms with E-state index in [1.165, 1.54) is 12.3 Å². The third-order valence-corrected chi connectivity index (χ3v) is 2.84. The average Bonchev–Trinajstić information content (AvgIpc) is 2.54. The van der Waals surface area contributed by atoms with Gasteiger partial charge in [0.05, 0.1) is 7.11 Å². The molecular formula is C14H16N4O3. The van der Waals surface area contributed by atoms with Gasteiger partial charge in [0.1, 0.15) is 5.69 Å². The van der Waals surface area contributed by atoms with E-state index >= 15 is 0 Å². The molecule has 0 amide bonds. The zero-order valence-electron chi connectivity index (χ0n) is 11.8. The highest BCUT2D eigenvalue weighted by molar-refractivity contribution is 5.95. The first-order valence-corrected chi connectivity index (χ1v) is 6.33. The van der Waals surface area contributed by atoms with E-state index in [1.54, 1.807) is 13.2 Å². The van der Waals surface area contributed by atoms with Gasteiger partial charge in [0.2, 0.25) is 0 Å². The van der Waals surface area contributed by atoms with Gasteiger partial charge in [-0.1, -0.05) is 18.1 Å². The average molecular weight is 288 g/mol. The van der Waals surface area contributed by atoms with Gasteiger partial charge in [-0.25, -0.2) is 4.98 Å². The Kier molecular flexibility index (Phi) is 4.55. The number of ether oxygens (including phenoxy) is 2. The van der Waals surface area contributed by atoms with E-state index in [0.717, 1.165) is 12.0 Å². The third kappa shape index (κ3) is 3.38. The summed E-state index contributed by atoms with van der Waals surface area (Å²) in [6.07, 6.45) is 2.36. The summed E-state index contributed by atoms with van der Waals surface area (Å²) in [5.41, 5.74) is 6.88. The SMILES string of the molecule is CCc1ccc(Oc2nccc(/C(N)=N/O)n2)c(OC)c1. The van der Waals surface area contributed by atoms with E-state index in [1.807, 2.05) is 12.1 Å². The van der Waals surface area contributed by atoms with E-state index < -0.39 is 0 Å². The minimum absolute atomic E-state index is 0.0849. The van der Waals surface area contributed by atoms with Crippen molar-refractivity contribution < 1.29 is 14.7 Å². The van der Waals surface area contributed by atoms with Crippen molar-refractivity contribution in [3.05, 3.63) is 41.7 Å². The number of benzene rings is 1. The number of nitrogens with two attached hydrogens (primary N) is 1. The fourth-order valence-electron chi connectivity index (χ4n) is 1.70. The number of amidine groups is 1. The molecule has 0 aliphatic heterocycles. The number of hydrogen-bond donors (Lipinski definition) is 2. The lowest BCUT2D eigenvalue weighted by Gasteiger charge is -2.10. The number of aromatic nitrogens is 2. The number of aryl methyl sites for hydroxylation is 1. The molecule has 0 atom stereocenters. The maximum atomic E-state index is 8.65. The Morgan fingerprint density at radius 2 is 2.14 bits per heavy atom. The molecule has 0 saturated carbocycles. The highest BCUT2D eigenvalue weighted by Gasteiger charge is 2.10. The predicted octanol–water partition coefficient (Wildman–Crippen LogP) is 1.93. The Labute approximate surface area is 122 Å². The monoisotopic (exact) mass is 288 g/mol. The lowest BCUT2D eigenvalue weighted by atomic mass is 10.1. The molecule has 0 aliphatic rings. The molecule has 0 unspecified atom stereocenters. The van der Waals surface area contributed by atoms with E-state index in [9.17, 15) is 0 Å². The highest BCUT2D eigenvalue weighted by atomic mass is 16.5. The summed E-state index contributed by atoms with van der Waals surface area (Å²) >= 11 is 0. The van der Waals surface area contributed by atoms with Crippen LogP contribution in [0.5, 0.6) is 17.5 Å². The van der Waals surface area contributed by atoms with Crippen molar-refractivity contribution in [2.45, 2.75) is 13.3 Å². The van der Waals surface area contributed by atoms with Crippen LogP contribution in [0.3, 0.4) is 0 Å². The first kappa shape index (κ1) is 14.6. The topological polar surface area (TPSA) is 103 Å². The molecule has 1 aromatic carbocycles. The number of oxime groups is 1. The lowest BCUT2D eigenvalue weighted by Crippen LogP contribution is -2.15. The van der Waals surface area contributed by atoms with Crippen LogP contribution in [0.15, 0.2) is 35.6 Å². The summed E-state index contributed by atoms with van der Waals surface area (Å²) in [4.78, 5) is 8.04. The van der Waals surface area contributed by atoms with Crippen LogP contribution in [0.4, 0.5) is 0 Å². The van der Waals surface area contributed by atoms with E-state index in [-0.39, 0.29) is 17.5 Å². The van der Waals surface area contributed by atoms with Gasteiger partial charge in [0.15, 0.2) is 17.3 Å². The van der Waals surface area contributed by atoms with Crippen molar-refractivity contribution >= 4 is 5.84 Å². The molecule has 7 nitrogen and oxygen atoms in total. The van der Waals surface area contributed by atoms with Gasteiger partial charge < -0.3 is 20.4 Å². The second kappa shape index (κ2) is 6.56. The van der Waals surface area contributed by atoms with Crippen LogP contribution in [0.2, 0.25) is 0 Å². The zero-order valence-corrected chi connectivity index (χ0v) is 11.8. The Hall–Kier alpha value is -2.83. The van der Waals surface area contributed by atoms with Gasteiger partial charge in [-0.3, -0.25) is 0 Å². The second-order valence-corrected chi connectivity index (χ2v) is 4.15. The summed E-state index contributed by atoms with van der Waals surface area (Å²) in [5.74, 6) is 0.967. The summed E-state index contributed by atoms with van der Waals surface area (Å²) in [7, 11) is 1.56. The van der Waals surface area contributed by atoms with Crippen molar-refractivity contribution in [1.82, 2.24) is 9.97 Å². The first-order valence-electron chi connectivity index (χ1n) is 6.33. The van der Waals surface area contributed by atoms with Gasteiger partial charge >= 0.3 is 6.01 Å². The van der Waals surface area contributed by atoms with Gasteiger partial charge in [-0.2, -0.15) is 4.98 Å². The van der Waals surface area contributed by atoms with Gasteiger partial charge in [-0.05, 0) is 30.2 Å². The maximum absolute atomic E-state index is 8.65. The number of hydrogen-bond acceptors (Lipinski definition) is 6. The molecule has 110 valence electrons. The van der Waals surface area contributed by atoms with Crippen molar-refractivity contribution in [2.24, 2.45) is 10.9 Å². The normalized spacial score (nSPS) is 11.2. The quantitative estimate of drug-likeness (QED) is 0.377. The highest BCUT2D eigenvalue weighted by Crippen LogP contribution is 2.31. The molecule has 7 heteroatoms. The Balaban J connectivity index is 2.30. The Morgan fingerprint density at radius 3 is 2.81 bits per heavy atom. The molecule has 0 spiro atoms. The van der Waals surface area contributed by atoms with Gasteiger partial charge in [0, 0.05) is 6.20 Å². The summed E-state index contributed by atoms with van der Waals surface area (Å²) in [6.45, 7) is 2.05. The van der Waals surface area contributed by atoms with E-state index in [4.69, 9.17) is 20.4 Å². The fraction of sp³-hybridized carbons (Fsp3) is 0.214. The smallest absolute Gasteiger partial charge is 0.322 e. The Morgan fingerprint density at radius 1 is 1.33 bits per heavy atom. The minimum Gasteiger partial charge on any atom is -0.493 e. The molecule has 3 N–H and O–H groups in total. The number of rotatable bonds is 5. The molecular weight excluding hydrogens is 272 g/mol. The Bertz CT molecular complexity index is 658. The molecule has 21 heavy (non-hydrogen) atoms. The first-order chi connectivity index (χ1) is 10.2. The third-order valence-electron chi connectivity index (χ3n) is 2.84. The van der Waals surface area contributed by atoms with E-state index in [2.05, 4.69) is 22.0 Å². The largest absolute Gasteiger partial charge is 0.493 e. The van der Waals surface area contributed by atoms with Crippen LogP contribution in [0, 0.1) is 0 Å². The van der Waals surface area contributed by atoms with Crippen LogP contribution in [0.1, 0.15) is 18.2 Å². The van der Waals surface area contributed by atoms with Crippen molar-refractivity contribution in [3.63, 3.8) is 0 Å². The van der Waals surface area contributed by atoms with E-state index in [0.29, 0.717) is 11.5 Å². The molecule has 0 radical (unpaired) electrons. The van der Waals surface area contributed by atoms with Crippen LogP contribution >= 0.6 is 0 Å². The molecule has 0 fully saturated rings. The van der Waals surface area contributed by atoms with Crippen molar-refractivity contribution in [3.8, 4) is 17.5 Å². The lowest BCUT2D eigenvalue weighted by molar-refractivity contribution is 0.318.